The predicted octanol–water partition coefficient (Wildman–Crippen LogP) is 2.96. The van der Waals surface area contributed by atoms with E-state index in [2.05, 4.69) is 12.2 Å². The zero-order valence-corrected chi connectivity index (χ0v) is 14.2. The van der Waals surface area contributed by atoms with E-state index in [-0.39, 0.29) is 0 Å². The van der Waals surface area contributed by atoms with E-state index in [9.17, 15) is 5.11 Å². The molecule has 21 heavy (non-hydrogen) atoms. The Morgan fingerprint density at radius 3 is 2.52 bits per heavy atom. The Morgan fingerprint density at radius 1 is 1.14 bits per heavy atom. The van der Waals surface area contributed by atoms with Crippen molar-refractivity contribution in [3.63, 3.8) is 0 Å². The van der Waals surface area contributed by atoms with Crippen LogP contribution in [0.3, 0.4) is 0 Å². The van der Waals surface area contributed by atoms with Gasteiger partial charge in [-0.3, -0.25) is 0 Å². The normalized spacial score (nSPS) is 34.6. The van der Waals surface area contributed by atoms with Crippen molar-refractivity contribution in [1.82, 2.24) is 5.32 Å². The van der Waals surface area contributed by atoms with Gasteiger partial charge in [0.25, 0.3) is 0 Å². The fraction of sp³-hybridized carbons (Fsp3) is 1.00. The summed E-state index contributed by atoms with van der Waals surface area (Å²) >= 11 is 1.97. The molecule has 3 fully saturated rings. The molecule has 2 unspecified atom stereocenters. The molecule has 3 aliphatic rings. The second-order valence-electron chi connectivity index (χ2n) is 7.24. The quantitative estimate of drug-likeness (QED) is 0.819. The van der Waals surface area contributed by atoms with Gasteiger partial charge in [0.1, 0.15) is 0 Å². The SMILES string of the molecule is CCOC1CC(NCC2(O)CCSCC2)C12CCCCC2. The molecular formula is C17H31NO2S. The summed E-state index contributed by atoms with van der Waals surface area (Å²) in [4.78, 5) is 0. The molecule has 1 spiro atoms. The summed E-state index contributed by atoms with van der Waals surface area (Å²) in [5.41, 5.74) is -0.0914. The molecule has 3 nitrogen and oxygen atoms in total. The highest BCUT2D eigenvalue weighted by molar-refractivity contribution is 7.99. The largest absolute Gasteiger partial charge is 0.389 e. The van der Waals surface area contributed by atoms with E-state index in [0.717, 1.165) is 43.9 Å². The summed E-state index contributed by atoms with van der Waals surface area (Å²) in [5, 5.41) is 14.4. The van der Waals surface area contributed by atoms with Crippen molar-refractivity contribution in [1.29, 1.82) is 0 Å². The molecule has 2 aliphatic carbocycles. The van der Waals surface area contributed by atoms with E-state index in [4.69, 9.17) is 4.74 Å². The van der Waals surface area contributed by atoms with Crippen molar-refractivity contribution in [2.75, 3.05) is 24.7 Å². The first kappa shape index (κ1) is 16.1. The molecule has 0 aromatic heterocycles. The van der Waals surface area contributed by atoms with Gasteiger partial charge in [-0.15, -0.1) is 0 Å². The van der Waals surface area contributed by atoms with Crippen LogP contribution in [-0.4, -0.2) is 47.5 Å². The van der Waals surface area contributed by atoms with Gasteiger partial charge in [0.2, 0.25) is 0 Å². The maximum atomic E-state index is 10.7. The number of hydrogen-bond donors (Lipinski definition) is 2. The van der Waals surface area contributed by atoms with E-state index >= 15 is 0 Å². The lowest BCUT2D eigenvalue weighted by molar-refractivity contribution is -0.153. The molecule has 1 aliphatic heterocycles. The second-order valence-corrected chi connectivity index (χ2v) is 8.47. The molecule has 0 amide bonds. The maximum absolute atomic E-state index is 10.7. The molecule has 0 aromatic carbocycles. The maximum Gasteiger partial charge on any atom is 0.0787 e. The van der Waals surface area contributed by atoms with Crippen molar-refractivity contribution >= 4 is 11.8 Å². The summed E-state index contributed by atoms with van der Waals surface area (Å²) in [6.07, 6.45) is 10.2. The Kier molecular flexibility index (Phi) is 5.19. The van der Waals surface area contributed by atoms with E-state index in [1.807, 2.05) is 11.8 Å². The van der Waals surface area contributed by atoms with Gasteiger partial charge < -0.3 is 15.2 Å². The first-order valence-corrected chi connectivity index (χ1v) is 9.99. The van der Waals surface area contributed by atoms with Crippen LogP contribution in [0.15, 0.2) is 0 Å². The van der Waals surface area contributed by atoms with Gasteiger partial charge in [-0.05, 0) is 50.5 Å². The summed E-state index contributed by atoms with van der Waals surface area (Å²) in [5.74, 6) is 2.21. The molecule has 2 atom stereocenters. The van der Waals surface area contributed by atoms with Crippen molar-refractivity contribution in [2.24, 2.45) is 5.41 Å². The molecule has 2 N–H and O–H groups in total. The van der Waals surface area contributed by atoms with Crippen LogP contribution in [0, 0.1) is 5.41 Å². The lowest BCUT2D eigenvalue weighted by Gasteiger charge is -2.58. The molecule has 122 valence electrons. The highest BCUT2D eigenvalue weighted by Gasteiger charge is 2.55. The number of ether oxygens (including phenoxy) is 1. The highest BCUT2D eigenvalue weighted by Crippen LogP contribution is 2.53. The number of thioether (sulfide) groups is 1. The highest BCUT2D eigenvalue weighted by atomic mass is 32.2. The molecule has 1 saturated heterocycles. The minimum absolute atomic E-state index is 0.369. The summed E-state index contributed by atoms with van der Waals surface area (Å²) in [7, 11) is 0. The van der Waals surface area contributed by atoms with Gasteiger partial charge >= 0.3 is 0 Å². The van der Waals surface area contributed by atoms with Crippen LogP contribution in [0.2, 0.25) is 0 Å². The standard InChI is InChI=1S/C17H31NO2S/c1-2-20-15-12-14(17(15)6-4-3-5-7-17)18-13-16(19)8-10-21-11-9-16/h14-15,18-19H,2-13H2,1H3. The Morgan fingerprint density at radius 2 is 1.86 bits per heavy atom. The van der Waals surface area contributed by atoms with Crippen LogP contribution in [0.25, 0.3) is 0 Å². The van der Waals surface area contributed by atoms with Crippen LogP contribution in [0.1, 0.15) is 58.3 Å². The number of aliphatic hydroxyl groups is 1. The Hall–Kier alpha value is 0.230. The third-order valence-electron chi connectivity index (χ3n) is 6.04. The smallest absolute Gasteiger partial charge is 0.0787 e. The van der Waals surface area contributed by atoms with E-state index < -0.39 is 5.60 Å². The van der Waals surface area contributed by atoms with E-state index in [1.54, 1.807) is 0 Å². The van der Waals surface area contributed by atoms with Crippen LogP contribution in [0.4, 0.5) is 0 Å². The minimum atomic E-state index is -0.461. The van der Waals surface area contributed by atoms with Crippen molar-refractivity contribution in [2.45, 2.75) is 76.0 Å². The van der Waals surface area contributed by atoms with Gasteiger partial charge in [-0.2, -0.15) is 11.8 Å². The molecule has 2 saturated carbocycles. The van der Waals surface area contributed by atoms with Crippen LogP contribution in [-0.2, 0) is 4.74 Å². The third-order valence-corrected chi connectivity index (χ3v) is 7.02. The van der Waals surface area contributed by atoms with Gasteiger partial charge in [0, 0.05) is 24.6 Å². The monoisotopic (exact) mass is 313 g/mol. The third kappa shape index (κ3) is 3.29. The molecule has 0 radical (unpaired) electrons. The lowest BCUT2D eigenvalue weighted by Crippen LogP contribution is -2.66. The molecule has 0 aromatic rings. The number of hydrogen-bond acceptors (Lipinski definition) is 4. The fourth-order valence-corrected chi connectivity index (χ4v) is 5.84. The summed E-state index contributed by atoms with van der Waals surface area (Å²) in [6, 6.07) is 0.563. The van der Waals surface area contributed by atoms with E-state index in [0.29, 0.717) is 17.6 Å². The Labute approximate surface area is 133 Å². The molecule has 4 heteroatoms. The zero-order valence-electron chi connectivity index (χ0n) is 13.4. The second kappa shape index (κ2) is 6.77. The average Bonchev–Trinajstić information content (AvgIpc) is 2.51. The van der Waals surface area contributed by atoms with Gasteiger partial charge in [-0.1, -0.05) is 19.3 Å². The summed E-state index contributed by atoms with van der Waals surface area (Å²) < 4.78 is 6.01. The average molecular weight is 314 g/mol. The van der Waals surface area contributed by atoms with E-state index in [1.165, 1.54) is 32.1 Å². The summed E-state index contributed by atoms with van der Waals surface area (Å²) in [6.45, 7) is 3.72. The number of nitrogens with one attached hydrogen (secondary N) is 1. The first-order valence-electron chi connectivity index (χ1n) is 8.84. The minimum Gasteiger partial charge on any atom is -0.389 e. The van der Waals surface area contributed by atoms with Gasteiger partial charge in [0.05, 0.1) is 11.7 Å². The zero-order chi connectivity index (χ0) is 14.8. The number of rotatable bonds is 5. The topological polar surface area (TPSA) is 41.5 Å². The Bertz CT molecular complexity index is 338. The van der Waals surface area contributed by atoms with Crippen LogP contribution >= 0.6 is 11.8 Å². The molecule has 0 bridgehead atoms. The predicted molar refractivity (Wildman–Crippen MR) is 88.8 cm³/mol. The molecule has 3 rings (SSSR count). The fourth-order valence-electron chi connectivity index (χ4n) is 4.59. The van der Waals surface area contributed by atoms with Crippen LogP contribution < -0.4 is 5.32 Å². The molecular weight excluding hydrogens is 282 g/mol. The lowest BCUT2D eigenvalue weighted by atomic mass is 9.55. The van der Waals surface area contributed by atoms with Crippen LogP contribution in [0.5, 0.6) is 0 Å². The van der Waals surface area contributed by atoms with Crippen molar-refractivity contribution in [3.05, 3.63) is 0 Å². The first-order chi connectivity index (χ1) is 10.2. The van der Waals surface area contributed by atoms with Gasteiger partial charge in [-0.25, -0.2) is 0 Å². The Balaban J connectivity index is 1.57. The molecule has 1 heterocycles. The van der Waals surface area contributed by atoms with Crippen molar-refractivity contribution in [3.8, 4) is 0 Å². The van der Waals surface area contributed by atoms with Crippen molar-refractivity contribution < 1.29 is 9.84 Å². The van der Waals surface area contributed by atoms with Gasteiger partial charge in [0.15, 0.2) is 0 Å².